The summed E-state index contributed by atoms with van der Waals surface area (Å²) in [6, 6.07) is 5.58. The molecule has 5 heteroatoms. The minimum atomic E-state index is -0.732. The lowest BCUT2D eigenvalue weighted by Gasteiger charge is -2.09. The number of anilines is 1. The van der Waals surface area contributed by atoms with Crippen LogP contribution in [0.4, 0.5) is 14.5 Å². The van der Waals surface area contributed by atoms with Gasteiger partial charge in [-0.2, -0.15) is 5.26 Å². The molecule has 0 saturated heterocycles. The van der Waals surface area contributed by atoms with Crippen molar-refractivity contribution in [2.45, 2.75) is 13.5 Å². The van der Waals surface area contributed by atoms with E-state index in [0.717, 1.165) is 17.7 Å². The number of pyridine rings is 1. The number of nitrogens with zero attached hydrogens (tertiary/aromatic N) is 2. The molecule has 0 atom stereocenters. The summed E-state index contributed by atoms with van der Waals surface area (Å²) >= 11 is 0. The van der Waals surface area contributed by atoms with Gasteiger partial charge in [0.05, 0.1) is 17.3 Å². The van der Waals surface area contributed by atoms with Crippen molar-refractivity contribution in [1.29, 1.82) is 5.26 Å². The Hall–Kier alpha value is -2.48. The number of rotatable bonds is 3. The molecule has 1 heterocycles. The molecule has 0 saturated carbocycles. The predicted octanol–water partition coefficient (Wildman–Crippen LogP) is 3.15. The average molecular weight is 259 g/mol. The third-order valence-electron chi connectivity index (χ3n) is 2.61. The Labute approximate surface area is 109 Å². The first kappa shape index (κ1) is 13.0. The fraction of sp³-hybridized carbons (Fsp3) is 0.143. The van der Waals surface area contributed by atoms with Gasteiger partial charge in [0, 0.05) is 24.5 Å². The topological polar surface area (TPSA) is 48.7 Å². The van der Waals surface area contributed by atoms with E-state index in [0.29, 0.717) is 5.69 Å². The van der Waals surface area contributed by atoms with Crippen LogP contribution < -0.4 is 5.32 Å². The third kappa shape index (κ3) is 3.05. The standard InChI is InChI=1S/C14H11F2N3/c1-9-2-11(7-18-6-9)19-8-12-13(15)3-10(5-17)4-14(12)16/h2-4,6-7,19H,8H2,1H3. The summed E-state index contributed by atoms with van der Waals surface area (Å²) < 4.78 is 27.3. The number of nitriles is 1. The van der Waals surface area contributed by atoms with E-state index in [1.165, 1.54) is 0 Å². The van der Waals surface area contributed by atoms with E-state index in [4.69, 9.17) is 5.26 Å². The van der Waals surface area contributed by atoms with Crippen molar-refractivity contribution in [1.82, 2.24) is 4.98 Å². The Morgan fingerprint density at radius 1 is 1.21 bits per heavy atom. The van der Waals surface area contributed by atoms with Gasteiger partial charge in [0.2, 0.25) is 0 Å². The predicted molar refractivity (Wildman–Crippen MR) is 67.4 cm³/mol. The van der Waals surface area contributed by atoms with Crippen LogP contribution in [0.25, 0.3) is 0 Å². The quantitative estimate of drug-likeness (QED) is 0.921. The second-order valence-electron chi connectivity index (χ2n) is 4.13. The number of hydrogen-bond donors (Lipinski definition) is 1. The highest BCUT2D eigenvalue weighted by Crippen LogP contribution is 2.17. The van der Waals surface area contributed by atoms with Crippen LogP contribution in [0, 0.1) is 29.9 Å². The zero-order valence-corrected chi connectivity index (χ0v) is 10.2. The summed E-state index contributed by atoms with van der Waals surface area (Å²) in [6.07, 6.45) is 3.26. The van der Waals surface area contributed by atoms with Gasteiger partial charge in [-0.25, -0.2) is 8.78 Å². The van der Waals surface area contributed by atoms with Crippen molar-refractivity contribution in [3.05, 3.63) is 58.9 Å². The van der Waals surface area contributed by atoms with Gasteiger partial charge in [-0.05, 0) is 30.7 Å². The van der Waals surface area contributed by atoms with Crippen molar-refractivity contribution in [2.24, 2.45) is 0 Å². The number of nitrogens with one attached hydrogen (secondary N) is 1. The summed E-state index contributed by atoms with van der Waals surface area (Å²) in [6.45, 7) is 1.87. The highest BCUT2D eigenvalue weighted by molar-refractivity contribution is 5.44. The van der Waals surface area contributed by atoms with Crippen molar-refractivity contribution in [3.63, 3.8) is 0 Å². The Morgan fingerprint density at radius 2 is 1.89 bits per heavy atom. The van der Waals surface area contributed by atoms with E-state index in [1.54, 1.807) is 18.5 Å². The van der Waals surface area contributed by atoms with Gasteiger partial charge in [-0.3, -0.25) is 4.98 Å². The van der Waals surface area contributed by atoms with Gasteiger partial charge in [-0.15, -0.1) is 0 Å². The van der Waals surface area contributed by atoms with Crippen molar-refractivity contribution in [3.8, 4) is 6.07 Å². The summed E-state index contributed by atoms with van der Waals surface area (Å²) in [5.41, 5.74) is 1.51. The maximum atomic E-state index is 13.6. The van der Waals surface area contributed by atoms with E-state index in [9.17, 15) is 8.78 Å². The van der Waals surface area contributed by atoms with Gasteiger partial charge in [0.1, 0.15) is 11.6 Å². The zero-order chi connectivity index (χ0) is 13.8. The molecule has 0 aliphatic rings. The molecule has 1 aromatic heterocycles. The number of benzene rings is 1. The molecule has 2 rings (SSSR count). The summed E-state index contributed by atoms with van der Waals surface area (Å²) in [7, 11) is 0. The monoisotopic (exact) mass is 259 g/mol. The molecule has 0 unspecified atom stereocenters. The van der Waals surface area contributed by atoms with Crippen LogP contribution in [0.2, 0.25) is 0 Å². The van der Waals surface area contributed by atoms with E-state index in [-0.39, 0.29) is 17.7 Å². The third-order valence-corrected chi connectivity index (χ3v) is 2.61. The molecule has 0 fully saturated rings. The molecule has 0 aliphatic carbocycles. The number of aryl methyl sites for hydroxylation is 1. The van der Waals surface area contributed by atoms with Gasteiger partial charge >= 0.3 is 0 Å². The fourth-order valence-corrected chi connectivity index (χ4v) is 1.68. The molecule has 3 nitrogen and oxygen atoms in total. The lowest BCUT2D eigenvalue weighted by molar-refractivity contribution is 0.559. The molecule has 96 valence electrons. The minimum absolute atomic E-state index is 0.00545. The second kappa shape index (κ2) is 5.44. The minimum Gasteiger partial charge on any atom is -0.379 e. The molecule has 0 radical (unpaired) electrons. The van der Waals surface area contributed by atoms with E-state index >= 15 is 0 Å². The molecule has 0 aliphatic heterocycles. The molecule has 0 spiro atoms. The lowest BCUT2D eigenvalue weighted by Crippen LogP contribution is -2.05. The molecule has 2 aromatic rings. The van der Waals surface area contributed by atoms with Crippen LogP contribution in [-0.2, 0) is 6.54 Å². The molecular weight excluding hydrogens is 248 g/mol. The maximum Gasteiger partial charge on any atom is 0.132 e. The molecule has 1 N–H and O–H groups in total. The molecule has 19 heavy (non-hydrogen) atoms. The first-order valence-electron chi connectivity index (χ1n) is 5.63. The van der Waals surface area contributed by atoms with Gasteiger partial charge in [-0.1, -0.05) is 0 Å². The summed E-state index contributed by atoms with van der Waals surface area (Å²) in [5, 5.41) is 11.5. The highest BCUT2D eigenvalue weighted by atomic mass is 19.1. The highest BCUT2D eigenvalue weighted by Gasteiger charge is 2.11. The van der Waals surface area contributed by atoms with Crippen LogP contribution >= 0.6 is 0 Å². The van der Waals surface area contributed by atoms with Crippen molar-refractivity contribution < 1.29 is 8.78 Å². The second-order valence-corrected chi connectivity index (χ2v) is 4.13. The van der Waals surface area contributed by atoms with Crippen LogP contribution in [0.1, 0.15) is 16.7 Å². The van der Waals surface area contributed by atoms with Crippen LogP contribution in [0.3, 0.4) is 0 Å². The van der Waals surface area contributed by atoms with Gasteiger partial charge < -0.3 is 5.32 Å². The average Bonchev–Trinajstić information content (AvgIpc) is 2.37. The first-order chi connectivity index (χ1) is 9.10. The molecule has 1 aromatic carbocycles. The number of halogens is 2. The fourth-order valence-electron chi connectivity index (χ4n) is 1.68. The van der Waals surface area contributed by atoms with Crippen LogP contribution in [0.15, 0.2) is 30.6 Å². The molecular formula is C14H11F2N3. The number of aromatic nitrogens is 1. The van der Waals surface area contributed by atoms with E-state index < -0.39 is 11.6 Å². The summed E-state index contributed by atoms with van der Waals surface area (Å²) in [5.74, 6) is -1.46. The summed E-state index contributed by atoms with van der Waals surface area (Å²) in [4.78, 5) is 3.98. The molecule has 0 amide bonds. The Bertz CT molecular complexity index is 624. The van der Waals surface area contributed by atoms with E-state index in [2.05, 4.69) is 10.3 Å². The Balaban J connectivity index is 2.18. The lowest BCUT2D eigenvalue weighted by atomic mass is 10.1. The Morgan fingerprint density at radius 3 is 2.47 bits per heavy atom. The Kier molecular flexibility index (Phi) is 3.71. The van der Waals surface area contributed by atoms with E-state index in [1.807, 2.05) is 13.0 Å². The first-order valence-corrected chi connectivity index (χ1v) is 5.63. The maximum absolute atomic E-state index is 13.6. The van der Waals surface area contributed by atoms with Crippen LogP contribution in [0.5, 0.6) is 0 Å². The van der Waals surface area contributed by atoms with Crippen LogP contribution in [-0.4, -0.2) is 4.98 Å². The molecule has 0 bridgehead atoms. The SMILES string of the molecule is Cc1cncc(NCc2c(F)cc(C#N)cc2F)c1. The van der Waals surface area contributed by atoms with Crippen molar-refractivity contribution >= 4 is 5.69 Å². The van der Waals surface area contributed by atoms with Crippen molar-refractivity contribution in [2.75, 3.05) is 5.32 Å². The smallest absolute Gasteiger partial charge is 0.132 e. The largest absolute Gasteiger partial charge is 0.379 e. The van der Waals surface area contributed by atoms with Gasteiger partial charge in [0.15, 0.2) is 0 Å². The number of hydrogen-bond acceptors (Lipinski definition) is 3. The normalized spacial score (nSPS) is 10.0. The zero-order valence-electron chi connectivity index (χ0n) is 10.2. The van der Waals surface area contributed by atoms with Gasteiger partial charge in [0.25, 0.3) is 0 Å².